The highest BCUT2D eigenvalue weighted by atomic mass is 31.2. The van der Waals surface area contributed by atoms with Crippen LogP contribution in [0.3, 0.4) is 0 Å². The van der Waals surface area contributed by atoms with E-state index >= 15 is 0 Å². The first-order chi connectivity index (χ1) is 31.2. The molecule has 7 aromatic rings. The van der Waals surface area contributed by atoms with Crippen LogP contribution in [0.4, 0.5) is 0 Å². The maximum absolute atomic E-state index is 13.9. The van der Waals surface area contributed by atoms with Gasteiger partial charge in [-0.3, -0.25) is 9.13 Å². The molecule has 0 saturated carbocycles. The second-order valence-corrected chi connectivity index (χ2v) is 18.8. The molecule has 322 valence electrons. The van der Waals surface area contributed by atoms with Crippen LogP contribution in [0, 0.1) is 0 Å². The fourth-order valence-corrected chi connectivity index (χ4v) is 10.9. The average molecular weight is 887 g/mol. The zero-order valence-electron chi connectivity index (χ0n) is 36.1. The molecule has 5 heterocycles. The van der Waals surface area contributed by atoms with E-state index in [0.29, 0.717) is 33.9 Å². The average Bonchev–Trinajstić information content (AvgIpc) is 4.15. The molecule has 8 bridgehead atoms. The van der Waals surface area contributed by atoms with E-state index in [1.807, 2.05) is 72.8 Å². The molecule has 0 spiro atoms. The second-order valence-electron chi connectivity index (χ2n) is 15.0. The van der Waals surface area contributed by atoms with Crippen LogP contribution in [0.25, 0.3) is 102 Å². The lowest BCUT2D eigenvalue weighted by atomic mass is 9.97. The van der Waals surface area contributed by atoms with Gasteiger partial charge in [0.15, 0.2) is 0 Å². The molecule has 0 amide bonds. The Bertz CT molecular complexity index is 3070. The third-order valence-electron chi connectivity index (χ3n) is 11.0. The molecule has 12 heteroatoms. The number of benzene rings is 4. The molecule has 0 fully saturated rings. The number of rotatable bonds is 14. The Labute approximate surface area is 372 Å². The number of hydrogen-bond donors (Lipinski definition) is 2. The van der Waals surface area contributed by atoms with Gasteiger partial charge in [-0.25, -0.2) is 9.97 Å². The van der Waals surface area contributed by atoms with Crippen molar-refractivity contribution in [3.05, 3.63) is 155 Å². The summed E-state index contributed by atoms with van der Waals surface area (Å²) >= 11 is 0. The predicted molar refractivity (Wildman–Crippen MR) is 265 cm³/mol. The fourth-order valence-electron chi connectivity index (χ4n) is 8.35. The van der Waals surface area contributed by atoms with Gasteiger partial charge in [0.05, 0.1) is 49.2 Å². The molecule has 3 aromatic heterocycles. The zero-order chi connectivity index (χ0) is 44.3. The van der Waals surface area contributed by atoms with E-state index in [-0.39, 0.29) is 26.4 Å². The Morgan fingerprint density at radius 3 is 1.22 bits per heavy atom. The van der Waals surface area contributed by atoms with Crippen molar-refractivity contribution in [2.45, 2.75) is 27.7 Å². The summed E-state index contributed by atoms with van der Waals surface area (Å²) in [6.45, 7) is 8.05. The molecule has 10 nitrogen and oxygen atoms in total. The number of nitrogens with zero attached hydrogens (tertiary/aromatic N) is 2. The second kappa shape index (κ2) is 18.5. The molecular formula is C52H48N4O6P2. The Kier molecular flexibility index (Phi) is 12.4. The van der Waals surface area contributed by atoms with Gasteiger partial charge in [-0.05, 0) is 121 Å². The predicted octanol–water partition coefficient (Wildman–Crippen LogP) is 14.8. The highest BCUT2D eigenvalue weighted by molar-refractivity contribution is 7.57. The van der Waals surface area contributed by atoms with Crippen LogP contribution in [-0.4, -0.2) is 46.4 Å². The summed E-state index contributed by atoms with van der Waals surface area (Å²) < 4.78 is 50.7. The van der Waals surface area contributed by atoms with Gasteiger partial charge in [0, 0.05) is 56.0 Å². The van der Waals surface area contributed by atoms with Gasteiger partial charge >= 0.3 is 15.2 Å². The van der Waals surface area contributed by atoms with Crippen molar-refractivity contribution in [1.82, 2.24) is 19.9 Å². The van der Waals surface area contributed by atoms with E-state index in [1.165, 1.54) is 11.6 Å². The minimum Gasteiger partial charge on any atom is -0.354 e. The highest BCUT2D eigenvalue weighted by Crippen LogP contribution is 2.51. The molecule has 0 unspecified atom stereocenters. The normalized spacial score (nSPS) is 13.1. The maximum atomic E-state index is 13.9. The van der Waals surface area contributed by atoms with E-state index in [9.17, 15) is 9.13 Å². The smallest absolute Gasteiger partial charge is 0.354 e. The summed E-state index contributed by atoms with van der Waals surface area (Å²) in [5.41, 5.74) is 10.9. The largest absolute Gasteiger partial charge is 0.354 e. The van der Waals surface area contributed by atoms with Crippen molar-refractivity contribution in [3.8, 4) is 22.3 Å². The van der Waals surface area contributed by atoms with E-state index in [0.717, 1.165) is 65.9 Å². The van der Waals surface area contributed by atoms with E-state index in [2.05, 4.69) is 70.6 Å². The molecule has 2 N–H and O–H groups in total. The Morgan fingerprint density at radius 1 is 0.453 bits per heavy atom. The molecule has 2 aliphatic heterocycles. The van der Waals surface area contributed by atoms with Gasteiger partial charge in [-0.1, -0.05) is 84.9 Å². The summed E-state index contributed by atoms with van der Waals surface area (Å²) in [5.74, 6) is 3.05. The quantitative estimate of drug-likeness (QED) is 0.103. The molecule has 2 aliphatic rings. The van der Waals surface area contributed by atoms with Gasteiger partial charge in [-0.2, -0.15) is 0 Å². The van der Waals surface area contributed by atoms with Crippen LogP contribution >= 0.6 is 15.2 Å². The van der Waals surface area contributed by atoms with Crippen molar-refractivity contribution in [2.75, 3.05) is 26.4 Å². The zero-order valence-corrected chi connectivity index (χ0v) is 37.9. The Hall–Kier alpha value is -6.22. The number of H-pyrrole nitrogens is 2. The summed E-state index contributed by atoms with van der Waals surface area (Å²) in [7, 11) is -7.22. The van der Waals surface area contributed by atoms with Crippen LogP contribution in [0.5, 0.6) is 0 Å². The first-order valence-electron chi connectivity index (χ1n) is 21.5. The van der Waals surface area contributed by atoms with E-state index in [4.69, 9.17) is 28.1 Å². The highest BCUT2D eigenvalue weighted by Gasteiger charge is 2.23. The molecule has 0 radical (unpaired) electrons. The summed E-state index contributed by atoms with van der Waals surface area (Å²) in [5, 5.41) is 4.28. The van der Waals surface area contributed by atoms with Gasteiger partial charge in [0.2, 0.25) is 0 Å². The summed E-state index contributed by atoms with van der Waals surface area (Å²) in [6.07, 6.45) is 11.6. The van der Waals surface area contributed by atoms with Gasteiger partial charge in [-0.15, -0.1) is 0 Å². The lowest BCUT2D eigenvalue weighted by molar-refractivity contribution is 0.228. The SMILES string of the molecule is CCOP(=O)(/C=C/c1c2nc(c(-c3cccc4ccccc34)c3ccc([nH]3)c(/C=C/P(=O)(OCC)OCC)c3nc(c(-c4cccc5ccccc45)c4ccc1[nH]4)C=C3)C=C2)OCC. The topological polar surface area (TPSA) is 128 Å². The number of aromatic amines is 2. The fraction of sp³-hybridized carbons (Fsp3) is 0.154. The minimum absolute atomic E-state index is 0.217. The van der Waals surface area contributed by atoms with Crippen molar-refractivity contribution >= 4 is 95.3 Å². The molecule has 0 aliphatic carbocycles. The molecular weight excluding hydrogens is 839 g/mol. The molecule has 0 saturated heterocycles. The van der Waals surface area contributed by atoms with E-state index < -0.39 is 15.2 Å². The van der Waals surface area contributed by atoms with Crippen LogP contribution in [0.15, 0.2) is 121 Å². The molecule has 4 aromatic carbocycles. The maximum Gasteiger partial charge on any atom is 0.354 e. The summed E-state index contributed by atoms with van der Waals surface area (Å²) in [6, 6.07) is 37.2. The standard InChI is InChI=1S/C52H48N4O6P2/c1-5-59-63(57,60-6-2)33-31-41-43-23-27-47(53-43)51(39-21-13-17-35-15-9-11-19-37(35)39)49-29-25-45(55-49)42(32-34-64(58,61-7-3)62-8-4)46-26-30-50(56-46)52(48-28-24-44(41)54-48)40-22-14-18-36-16-10-12-20-38(36)40/h9-34,53,56H,5-8H2,1-4H3/b33-31+,34-32+,43-41?,44-41?,45-42?,46-42?,51-47?,51-49?,52-48?,52-50?. The monoisotopic (exact) mass is 886 g/mol. The van der Waals surface area contributed by atoms with Gasteiger partial charge < -0.3 is 28.1 Å². The summed E-state index contributed by atoms with van der Waals surface area (Å²) in [4.78, 5) is 18.2. The first kappa shape index (κ1) is 43.1. The third kappa shape index (κ3) is 8.57. The van der Waals surface area contributed by atoms with Crippen LogP contribution in [-0.2, 0) is 27.2 Å². The Morgan fingerprint density at radius 2 is 0.812 bits per heavy atom. The van der Waals surface area contributed by atoms with Crippen LogP contribution in [0.1, 0.15) is 61.6 Å². The number of nitrogens with one attached hydrogen (secondary N) is 2. The minimum atomic E-state index is -3.61. The lowest BCUT2D eigenvalue weighted by Crippen LogP contribution is -1.93. The van der Waals surface area contributed by atoms with E-state index in [1.54, 1.807) is 39.8 Å². The van der Waals surface area contributed by atoms with Gasteiger partial charge in [0.1, 0.15) is 0 Å². The first-order valence-corrected chi connectivity index (χ1v) is 24.7. The third-order valence-corrected chi connectivity index (χ3v) is 14.5. The van der Waals surface area contributed by atoms with Crippen molar-refractivity contribution < 1.29 is 27.2 Å². The molecule has 9 rings (SSSR count). The van der Waals surface area contributed by atoms with Crippen LogP contribution in [0.2, 0.25) is 0 Å². The van der Waals surface area contributed by atoms with Gasteiger partial charge in [0.25, 0.3) is 0 Å². The number of hydrogen-bond acceptors (Lipinski definition) is 8. The van der Waals surface area contributed by atoms with Crippen molar-refractivity contribution in [2.24, 2.45) is 0 Å². The lowest BCUT2D eigenvalue weighted by Gasteiger charge is -2.12. The number of aromatic nitrogens is 4. The molecule has 64 heavy (non-hydrogen) atoms. The number of fused-ring (bicyclic) bond motifs is 10. The van der Waals surface area contributed by atoms with Crippen molar-refractivity contribution in [1.29, 1.82) is 0 Å². The molecule has 0 atom stereocenters. The van der Waals surface area contributed by atoms with Crippen LogP contribution < -0.4 is 0 Å². The Balaban J connectivity index is 1.44. The van der Waals surface area contributed by atoms with Crippen molar-refractivity contribution in [3.63, 3.8) is 0 Å².